The van der Waals surface area contributed by atoms with Crippen LogP contribution in [-0.4, -0.2) is 36.7 Å². The van der Waals surface area contributed by atoms with Gasteiger partial charge in [-0.1, -0.05) is 13.8 Å². The number of hydrogen-bond acceptors (Lipinski definition) is 5. The standard InChI is InChI=1S/C17H16O5/c1-17(2)11-10(14-15(22-14)16(17)20)9-6-7(21-3)4-5-8(9)12(18)13(11)19/h4-6,10-11,14-15H,1-3H3. The first-order valence-electron chi connectivity index (χ1n) is 7.34. The number of fused-ring (bicyclic) bond motifs is 5. The summed E-state index contributed by atoms with van der Waals surface area (Å²) in [5.41, 5.74) is 0.282. The molecule has 1 aromatic rings. The van der Waals surface area contributed by atoms with Gasteiger partial charge in [0, 0.05) is 22.8 Å². The van der Waals surface area contributed by atoms with Crippen LogP contribution in [0.1, 0.15) is 35.7 Å². The van der Waals surface area contributed by atoms with Crippen LogP contribution in [0.3, 0.4) is 0 Å². The molecule has 114 valence electrons. The molecule has 1 aliphatic heterocycles. The van der Waals surface area contributed by atoms with Gasteiger partial charge in [0.05, 0.1) is 13.2 Å². The molecule has 1 heterocycles. The number of methoxy groups -OCH3 is 1. The first-order valence-corrected chi connectivity index (χ1v) is 7.34. The van der Waals surface area contributed by atoms with E-state index in [2.05, 4.69) is 0 Å². The van der Waals surface area contributed by atoms with Crippen molar-refractivity contribution in [1.82, 2.24) is 0 Å². The maximum atomic E-state index is 12.6. The minimum absolute atomic E-state index is 0.0775. The van der Waals surface area contributed by atoms with Crippen LogP contribution in [0.2, 0.25) is 0 Å². The van der Waals surface area contributed by atoms with Gasteiger partial charge in [-0.25, -0.2) is 0 Å². The van der Waals surface area contributed by atoms with Gasteiger partial charge in [0.1, 0.15) is 11.9 Å². The molecule has 1 saturated carbocycles. The molecule has 3 aliphatic rings. The van der Waals surface area contributed by atoms with Gasteiger partial charge in [-0.2, -0.15) is 0 Å². The Bertz CT molecular complexity index is 733. The van der Waals surface area contributed by atoms with E-state index in [-0.39, 0.29) is 17.8 Å². The Kier molecular flexibility index (Phi) is 2.51. The topological polar surface area (TPSA) is 73.0 Å². The molecule has 1 saturated heterocycles. The molecular formula is C17H16O5. The van der Waals surface area contributed by atoms with Crippen LogP contribution in [0.25, 0.3) is 0 Å². The number of epoxide rings is 1. The average Bonchev–Trinajstić information content (AvgIpc) is 3.28. The molecule has 22 heavy (non-hydrogen) atoms. The summed E-state index contributed by atoms with van der Waals surface area (Å²) in [6.07, 6.45) is -0.746. The summed E-state index contributed by atoms with van der Waals surface area (Å²) in [4.78, 5) is 37.5. The molecule has 0 amide bonds. The summed E-state index contributed by atoms with van der Waals surface area (Å²) in [7, 11) is 1.56. The van der Waals surface area contributed by atoms with Crippen LogP contribution in [0.15, 0.2) is 18.2 Å². The third-order valence-corrected chi connectivity index (χ3v) is 5.28. The molecule has 0 N–H and O–H groups in total. The van der Waals surface area contributed by atoms with Crippen molar-refractivity contribution in [2.45, 2.75) is 32.0 Å². The number of Topliss-reactive ketones (excluding diaryl/α,β-unsaturated/α-hetero) is 3. The Morgan fingerprint density at radius 3 is 2.59 bits per heavy atom. The van der Waals surface area contributed by atoms with Crippen molar-refractivity contribution in [3.63, 3.8) is 0 Å². The van der Waals surface area contributed by atoms with Crippen molar-refractivity contribution in [3.8, 4) is 5.75 Å². The van der Waals surface area contributed by atoms with Gasteiger partial charge in [0.25, 0.3) is 0 Å². The minimum Gasteiger partial charge on any atom is -0.497 e. The maximum absolute atomic E-state index is 12.6. The fourth-order valence-electron chi connectivity index (χ4n) is 4.04. The predicted molar refractivity (Wildman–Crippen MR) is 76.0 cm³/mol. The van der Waals surface area contributed by atoms with Crippen LogP contribution >= 0.6 is 0 Å². The summed E-state index contributed by atoms with van der Waals surface area (Å²) < 4.78 is 10.8. The summed E-state index contributed by atoms with van der Waals surface area (Å²) in [6.45, 7) is 3.47. The SMILES string of the molecule is COc1ccc2c(c1)C1C3OC3C(=O)C(C)(C)C1C(=O)C2=O. The van der Waals surface area contributed by atoms with Crippen LogP contribution in [0, 0.1) is 11.3 Å². The van der Waals surface area contributed by atoms with Crippen molar-refractivity contribution in [1.29, 1.82) is 0 Å². The van der Waals surface area contributed by atoms with Crippen molar-refractivity contribution in [2.75, 3.05) is 7.11 Å². The van der Waals surface area contributed by atoms with Crippen LogP contribution < -0.4 is 4.74 Å². The maximum Gasteiger partial charge on any atom is 0.229 e. The van der Waals surface area contributed by atoms with E-state index in [1.54, 1.807) is 39.2 Å². The first-order chi connectivity index (χ1) is 10.4. The third-order valence-electron chi connectivity index (χ3n) is 5.28. The van der Waals surface area contributed by atoms with Crippen LogP contribution in [0.5, 0.6) is 5.75 Å². The summed E-state index contributed by atoms with van der Waals surface area (Å²) in [6, 6.07) is 5.10. The Morgan fingerprint density at radius 1 is 1.18 bits per heavy atom. The largest absolute Gasteiger partial charge is 0.497 e. The first kappa shape index (κ1) is 13.6. The van der Waals surface area contributed by atoms with E-state index in [1.807, 2.05) is 0 Å². The van der Waals surface area contributed by atoms with Crippen molar-refractivity contribution in [2.24, 2.45) is 11.3 Å². The highest BCUT2D eigenvalue weighted by molar-refractivity contribution is 6.46. The molecule has 0 spiro atoms. The second kappa shape index (κ2) is 4.04. The predicted octanol–water partition coefficient (Wildman–Crippen LogP) is 1.54. The highest BCUT2D eigenvalue weighted by atomic mass is 16.6. The van der Waals surface area contributed by atoms with Gasteiger partial charge >= 0.3 is 0 Å². The molecule has 5 nitrogen and oxygen atoms in total. The lowest BCUT2D eigenvalue weighted by Crippen LogP contribution is -2.53. The Hall–Kier alpha value is -2.01. The zero-order valence-electron chi connectivity index (χ0n) is 12.6. The number of benzene rings is 1. The molecule has 1 aromatic carbocycles. The summed E-state index contributed by atoms with van der Waals surface area (Å²) in [5.74, 6) is -1.35. The zero-order valence-corrected chi connectivity index (χ0v) is 12.6. The normalized spacial score (nSPS) is 34.6. The minimum atomic E-state index is -0.893. The lowest BCUT2D eigenvalue weighted by atomic mass is 9.56. The van der Waals surface area contributed by atoms with Crippen LogP contribution in [-0.2, 0) is 14.3 Å². The molecule has 0 bridgehead atoms. The summed E-state index contributed by atoms with van der Waals surface area (Å²) in [5, 5.41) is 0. The second-order valence-corrected chi connectivity index (χ2v) is 6.76. The smallest absolute Gasteiger partial charge is 0.229 e. The van der Waals surface area contributed by atoms with E-state index in [1.165, 1.54) is 0 Å². The number of rotatable bonds is 1. The van der Waals surface area contributed by atoms with E-state index in [0.717, 1.165) is 5.56 Å². The molecule has 4 rings (SSSR count). The molecule has 2 fully saturated rings. The lowest BCUT2D eigenvalue weighted by molar-refractivity contribution is -0.139. The lowest BCUT2D eigenvalue weighted by Gasteiger charge is -2.42. The molecule has 0 aromatic heterocycles. The van der Waals surface area contributed by atoms with Crippen LogP contribution in [0.4, 0.5) is 0 Å². The Morgan fingerprint density at radius 2 is 1.91 bits per heavy atom. The van der Waals surface area contributed by atoms with Gasteiger partial charge in [0.2, 0.25) is 11.6 Å². The monoisotopic (exact) mass is 300 g/mol. The highest BCUT2D eigenvalue weighted by Crippen LogP contribution is 2.57. The number of carbonyl (C=O) groups is 3. The molecule has 4 atom stereocenters. The van der Waals surface area contributed by atoms with E-state index < -0.39 is 29.0 Å². The quantitative estimate of drug-likeness (QED) is 0.581. The van der Waals surface area contributed by atoms with Gasteiger partial charge in [-0.3, -0.25) is 14.4 Å². The fraction of sp³-hybridized carbons (Fsp3) is 0.471. The molecule has 0 radical (unpaired) electrons. The Balaban J connectivity index is 1.94. The van der Waals surface area contributed by atoms with Gasteiger partial charge < -0.3 is 9.47 Å². The van der Waals surface area contributed by atoms with Gasteiger partial charge in [0.15, 0.2) is 5.78 Å². The van der Waals surface area contributed by atoms with Crippen molar-refractivity contribution < 1.29 is 23.9 Å². The molecule has 2 aliphatic carbocycles. The van der Waals surface area contributed by atoms with E-state index in [9.17, 15) is 14.4 Å². The van der Waals surface area contributed by atoms with E-state index in [4.69, 9.17) is 9.47 Å². The summed E-state index contributed by atoms with van der Waals surface area (Å²) >= 11 is 0. The number of ketones is 3. The molecule has 5 heteroatoms. The molecular weight excluding hydrogens is 284 g/mol. The number of ether oxygens (including phenoxy) is 2. The fourth-order valence-corrected chi connectivity index (χ4v) is 4.04. The molecule has 4 unspecified atom stereocenters. The zero-order chi connectivity index (χ0) is 15.8. The van der Waals surface area contributed by atoms with E-state index >= 15 is 0 Å². The van der Waals surface area contributed by atoms with Crippen molar-refractivity contribution in [3.05, 3.63) is 29.3 Å². The van der Waals surface area contributed by atoms with Gasteiger partial charge in [-0.05, 0) is 23.8 Å². The third kappa shape index (κ3) is 1.49. The van der Waals surface area contributed by atoms with E-state index in [0.29, 0.717) is 11.3 Å². The average molecular weight is 300 g/mol. The second-order valence-electron chi connectivity index (χ2n) is 6.76. The highest BCUT2D eigenvalue weighted by Gasteiger charge is 2.67. The Labute approximate surface area is 127 Å². The van der Waals surface area contributed by atoms with Gasteiger partial charge in [-0.15, -0.1) is 0 Å². The van der Waals surface area contributed by atoms with Crippen molar-refractivity contribution >= 4 is 17.3 Å². The number of hydrogen-bond donors (Lipinski definition) is 0. The number of carbonyl (C=O) groups excluding carboxylic acids is 3.